The molecule has 0 spiro atoms. The second-order valence-corrected chi connectivity index (χ2v) is 5.92. The van der Waals surface area contributed by atoms with Gasteiger partial charge in [-0.05, 0) is 36.8 Å². The first-order valence-electron chi connectivity index (χ1n) is 8.09. The van der Waals surface area contributed by atoms with Crippen molar-refractivity contribution in [3.05, 3.63) is 65.8 Å². The Morgan fingerprint density at radius 3 is 2.61 bits per heavy atom. The zero-order valence-electron chi connectivity index (χ0n) is 14.4. The number of amides is 1. The highest BCUT2D eigenvalue weighted by Crippen LogP contribution is 2.32. The molecule has 1 N–H and O–H groups in total. The van der Waals surface area contributed by atoms with Crippen LogP contribution in [0.4, 0.5) is 18.9 Å². The van der Waals surface area contributed by atoms with Crippen LogP contribution in [0.3, 0.4) is 0 Å². The molecule has 0 unspecified atom stereocenters. The van der Waals surface area contributed by atoms with Crippen molar-refractivity contribution in [2.45, 2.75) is 13.1 Å². The Kier molecular flexibility index (Phi) is 4.10. The number of alkyl halides is 3. The lowest BCUT2D eigenvalue weighted by molar-refractivity contribution is -0.142. The smallest absolute Gasteiger partial charge is 0.433 e. The van der Waals surface area contributed by atoms with E-state index in [9.17, 15) is 18.0 Å². The minimum absolute atomic E-state index is 0.0666. The highest BCUT2D eigenvalue weighted by molar-refractivity contribution is 6.02. The van der Waals surface area contributed by atoms with Crippen molar-refractivity contribution in [2.75, 3.05) is 5.32 Å². The molecule has 0 aliphatic heterocycles. The van der Waals surface area contributed by atoms with E-state index in [-0.39, 0.29) is 17.2 Å². The van der Waals surface area contributed by atoms with E-state index in [1.807, 2.05) is 0 Å². The Morgan fingerprint density at radius 2 is 1.93 bits per heavy atom. The van der Waals surface area contributed by atoms with Gasteiger partial charge < -0.3 is 9.73 Å². The molecule has 7 nitrogen and oxygen atoms in total. The van der Waals surface area contributed by atoms with Gasteiger partial charge in [0.2, 0.25) is 5.82 Å². The van der Waals surface area contributed by atoms with Gasteiger partial charge in [-0.15, -0.1) is 5.10 Å². The molecule has 4 rings (SSSR count). The minimum atomic E-state index is -4.74. The van der Waals surface area contributed by atoms with E-state index in [0.29, 0.717) is 10.2 Å². The van der Waals surface area contributed by atoms with Crippen molar-refractivity contribution < 1.29 is 22.4 Å². The summed E-state index contributed by atoms with van der Waals surface area (Å²) in [6.45, 7) is 1.78. The van der Waals surface area contributed by atoms with Crippen molar-refractivity contribution in [3.8, 4) is 11.5 Å². The Morgan fingerprint density at radius 1 is 1.14 bits per heavy atom. The molecule has 0 aliphatic carbocycles. The number of hydrogen-bond acceptors (Lipinski definition) is 5. The number of hydrogen-bond donors (Lipinski definition) is 1. The Bertz CT molecular complexity index is 1170. The molecule has 1 amide bonds. The fourth-order valence-electron chi connectivity index (χ4n) is 2.61. The van der Waals surface area contributed by atoms with E-state index in [1.54, 1.807) is 31.2 Å². The number of anilines is 1. The number of carbonyl (C=O) groups is 1. The summed E-state index contributed by atoms with van der Waals surface area (Å²) in [7, 11) is 0. The van der Waals surface area contributed by atoms with Crippen LogP contribution in [0.5, 0.6) is 0 Å². The fourth-order valence-corrected chi connectivity index (χ4v) is 2.61. The van der Waals surface area contributed by atoms with E-state index < -0.39 is 23.6 Å². The van der Waals surface area contributed by atoms with Gasteiger partial charge in [0.05, 0.1) is 6.26 Å². The predicted molar refractivity (Wildman–Crippen MR) is 92.6 cm³/mol. The largest absolute Gasteiger partial charge is 0.463 e. The lowest BCUT2D eigenvalue weighted by atomic mass is 10.2. The number of aryl methyl sites for hydroxylation is 1. The second kappa shape index (κ2) is 6.48. The number of nitrogens with zero attached hydrogens (tertiary/aromatic N) is 4. The number of para-hydroxylation sites is 1. The number of furan rings is 1. The van der Waals surface area contributed by atoms with Crippen LogP contribution in [0.1, 0.15) is 21.9 Å². The van der Waals surface area contributed by atoms with Gasteiger partial charge in [-0.25, -0.2) is 4.98 Å². The SMILES string of the molecule is Cc1ccccc1NC(=O)c1nc2nc(-c3ccco3)cc(C(F)(F)F)n2n1. The van der Waals surface area contributed by atoms with Crippen molar-refractivity contribution in [3.63, 3.8) is 0 Å². The first-order chi connectivity index (χ1) is 13.3. The summed E-state index contributed by atoms with van der Waals surface area (Å²) in [6.07, 6.45) is -3.42. The highest BCUT2D eigenvalue weighted by atomic mass is 19.4. The average molecular weight is 387 g/mol. The number of fused-ring (bicyclic) bond motifs is 1. The topological polar surface area (TPSA) is 85.3 Å². The maximum absolute atomic E-state index is 13.5. The van der Waals surface area contributed by atoms with Gasteiger partial charge in [0.25, 0.3) is 11.7 Å². The maximum Gasteiger partial charge on any atom is 0.433 e. The van der Waals surface area contributed by atoms with Crippen LogP contribution in [0.25, 0.3) is 17.2 Å². The molecule has 4 aromatic rings. The van der Waals surface area contributed by atoms with Gasteiger partial charge in [-0.2, -0.15) is 22.7 Å². The summed E-state index contributed by atoms with van der Waals surface area (Å²) in [6, 6.07) is 10.8. The van der Waals surface area contributed by atoms with Crippen LogP contribution in [0.15, 0.2) is 53.1 Å². The zero-order chi connectivity index (χ0) is 19.9. The van der Waals surface area contributed by atoms with Crippen molar-refractivity contribution in [1.29, 1.82) is 0 Å². The van der Waals surface area contributed by atoms with E-state index >= 15 is 0 Å². The molecule has 0 atom stereocenters. The van der Waals surface area contributed by atoms with Crippen LogP contribution in [-0.2, 0) is 6.18 Å². The highest BCUT2D eigenvalue weighted by Gasteiger charge is 2.36. The van der Waals surface area contributed by atoms with Crippen molar-refractivity contribution >= 4 is 17.4 Å². The van der Waals surface area contributed by atoms with E-state index in [0.717, 1.165) is 11.6 Å². The molecular formula is C18H12F3N5O2. The molecule has 3 aromatic heterocycles. The fraction of sp³-hybridized carbons (Fsp3) is 0.111. The summed E-state index contributed by atoms with van der Waals surface area (Å²) >= 11 is 0. The molecule has 28 heavy (non-hydrogen) atoms. The summed E-state index contributed by atoms with van der Waals surface area (Å²) in [5, 5.41) is 6.29. The van der Waals surface area contributed by atoms with Crippen LogP contribution >= 0.6 is 0 Å². The van der Waals surface area contributed by atoms with E-state index in [4.69, 9.17) is 4.42 Å². The molecule has 1 aromatic carbocycles. The van der Waals surface area contributed by atoms with Crippen molar-refractivity contribution in [2.24, 2.45) is 0 Å². The van der Waals surface area contributed by atoms with Gasteiger partial charge in [-0.3, -0.25) is 4.79 Å². The molecule has 0 bridgehead atoms. The van der Waals surface area contributed by atoms with E-state index in [1.165, 1.54) is 18.4 Å². The molecule has 0 aliphatic rings. The third-order valence-electron chi connectivity index (χ3n) is 3.97. The van der Waals surface area contributed by atoms with Crippen LogP contribution in [0.2, 0.25) is 0 Å². The molecule has 0 saturated carbocycles. The number of nitrogens with one attached hydrogen (secondary N) is 1. The Labute approximate surface area is 155 Å². The maximum atomic E-state index is 13.5. The minimum Gasteiger partial charge on any atom is -0.463 e. The lowest BCUT2D eigenvalue weighted by Gasteiger charge is -2.09. The first-order valence-corrected chi connectivity index (χ1v) is 8.09. The van der Waals surface area contributed by atoms with Gasteiger partial charge in [0.15, 0.2) is 11.5 Å². The standard InChI is InChI=1S/C18H12F3N5O2/c1-10-5-2-3-6-11(10)22-16(27)15-24-17-23-12(13-7-4-8-28-13)9-14(18(19,20)21)26(17)25-15/h2-9H,1H3,(H,22,27). The molecule has 0 fully saturated rings. The van der Waals surface area contributed by atoms with Crippen LogP contribution in [0, 0.1) is 6.92 Å². The van der Waals surface area contributed by atoms with Crippen molar-refractivity contribution in [1.82, 2.24) is 19.6 Å². The first kappa shape index (κ1) is 17.7. The van der Waals surface area contributed by atoms with Gasteiger partial charge in [-0.1, -0.05) is 18.2 Å². The normalized spacial score (nSPS) is 11.7. The summed E-state index contributed by atoms with van der Waals surface area (Å²) < 4.78 is 46.1. The molecular weight excluding hydrogens is 375 g/mol. The second-order valence-electron chi connectivity index (χ2n) is 5.92. The molecule has 142 valence electrons. The van der Waals surface area contributed by atoms with Gasteiger partial charge in [0.1, 0.15) is 5.69 Å². The average Bonchev–Trinajstić information content (AvgIpc) is 3.31. The van der Waals surface area contributed by atoms with E-state index in [2.05, 4.69) is 20.4 Å². The molecule has 3 heterocycles. The summed E-state index contributed by atoms with van der Waals surface area (Å²) in [5.41, 5.74) is 0.106. The molecule has 0 radical (unpaired) electrons. The third kappa shape index (κ3) is 3.20. The van der Waals surface area contributed by atoms with Gasteiger partial charge in [0, 0.05) is 5.69 Å². The third-order valence-corrected chi connectivity index (χ3v) is 3.97. The molecule has 10 heteroatoms. The zero-order valence-corrected chi connectivity index (χ0v) is 14.4. The van der Waals surface area contributed by atoms with Crippen LogP contribution in [-0.4, -0.2) is 25.5 Å². The quantitative estimate of drug-likeness (QED) is 0.575. The monoisotopic (exact) mass is 387 g/mol. The van der Waals surface area contributed by atoms with Crippen LogP contribution < -0.4 is 5.32 Å². The predicted octanol–water partition coefficient (Wildman–Crippen LogP) is 3.96. The number of aromatic nitrogens is 4. The lowest BCUT2D eigenvalue weighted by Crippen LogP contribution is -2.16. The number of benzene rings is 1. The number of carbonyl (C=O) groups excluding carboxylic acids is 1. The molecule has 0 saturated heterocycles. The Balaban J connectivity index is 1.79. The van der Waals surface area contributed by atoms with Gasteiger partial charge >= 0.3 is 6.18 Å². The number of rotatable bonds is 3. The number of halogens is 3. The summed E-state index contributed by atoms with van der Waals surface area (Å²) in [5.74, 6) is -1.40. The Hall–Kier alpha value is -3.69. The summed E-state index contributed by atoms with van der Waals surface area (Å²) in [4.78, 5) is 20.3.